The predicted octanol–water partition coefficient (Wildman–Crippen LogP) is 3.20. The van der Waals surface area contributed by atoms with Crippen molar-refractivity contribution in [1.82, 2.24) is 15.1 Å². The van der Waals surface area contributed by atoms with E-state index >= 15 is 0 Å². The number of nitrogens with one attached hydrogen (secondary N) is 1. The van der Waals surface area contributed by atoms with Crippen LogP contribution in [0.15, 0.2) is 24.3 Å². The summed E-state index contributed by atoms with van der Waals surface area (Å²) in [5.74, 6) is 1.28. The fourth-order valence-corrected chi connectivity index (χ4v) is 2.58. The lowest BCUT2D eigenvalue weighted by Gasteiger charge is -2.11. The molecular weight excluding hydrogens is 316 g/mol. The van der Waals surface area contributed by atoms with Crippen molar-refractivity contribution in [2.75, 3.05) is 0 Å². The van der Waals surface area contributed by atoms with Gasteiger partial charge < -0.3 is 10.1 Å². The van der Waals surface area contributed by atoms with Gasteiger partial charge in [0.2, 0.25) is 5.91 Å². The number of rotatable bonds is 7. The molecule has 0 unspecified atom stereocenters. The van der Waals surface area contributed by atoms with Crippen LogP contribution in [0.3, 0.4) is 0 Å². The highest BCUT2D eigenvalue weighted by atomic mass is 16.5. The Morgan fingerprint density at radius 2 is 1.96 bits per heavy atom. The molecule has 0 aliphatic heterocycles. The average molecular weight is 340 g/mol. The smallest absolute Gasteiger partial charge is 0.241 e. The van der Waals surface area contributed by atoms with Gasteiger partial charge in [-0.1, -0.05) is 13.8 Å². The quantitative estimate of drug-likeness (QED) is 0.839. The second-order valence-electron chi connectivity index (χ2n) is 6.05. The molecule has 0 aliphatic carbocycles. The monoisotopic (exact) mass is 340 g/mol. The van der Waals surface area contributed by atoms with Crippen molar-refractivity contribution < 1.29 is 9.53 Å². The molecule has 25 heavy (non-hydrogen) atoms. The summed E-state index contributed by atoms with van der Waals surface area (Å²) in [4.78, 5) is 12.1. The van der Waals surface area contributed by atoms with E-state index in [1.54, 1.807) is 28.9 Å². The number of benzene rings is 1. The van der Waals surface area contributed by atoms with Crippen molar-refractivity contribution in [2.45, 2.75) is 53.1 Å². The van der Waals surface area contributed by atoms with E-state index in [1.165, 1.54) is 0 Å². The Hall–Kier alpha value is -2.81. The van der Waals surface area contributed by atoms with E-state index < -0.39 is 0 Å². The zero-order valence-corrected chi connectivity index (χ0v) is 15.2. The third kappa shape index (κ3) is 4.60. The molecule has 1 amide bonds. The fraction of sp³-hybridized carbons (Fsp3) is 0.421. The highest BCUT2D eigenvalue weighted by Gasteiger charge is 2.19. The predicted molar refractivity (Wildman–Crippen MR) is 95.5 cm³/mol. The molecule has 0 atom stereocenters. The van der Waals surface area contributed by atoms with Crippen LogP contribution >= 0.6 is 0 Å². The first-order chi connectivity index (χ1) is 12.0. The number of nitriles is 1. The number of ether oxygens (including phenoxy) is 1. The van der Waals surface area contributed by atoms with Crippen LogP contribution in [0.25, 0.3) is 0 Å². The molecule has 0 radical (unpaired) electrons. The Kier molecular flexibility index (Phi) is 6.18. The molecule has 0 fully saturated rings. The van der Waals surface area contributed by atoms with E-state index in [2.05, 4.69) is 16.5 Å². The van der Waals surface area contributed by atoms with Crippen molar-refractivity contribution in [3.63, 3.8) is 0 Å². The Bertz CT molecular complexity index is 770. The summed E-state index contributed by atoms with van der Waals surface area (Å²) < 4.78 is 7.76. The minimum absolute atomic E-state index is 0.0697. The summed E-state index contributed by atoms with van der Waals surface area (Å²) in [5.41, 5.74) is 2.29. The van der Waals surface area contributed by atoms with Gasteiger partial charge in [-0.15, -0.1) is 0 Å². The van der Waals surface area contributed by atoms with Crippen LogP contribution in [0.5, 0.6) is 11.5 Å². The van der Waals surface area contributed by atoms with E-state index in [0.29, 0.717) is 29.9 Å². The van der Waals surface area contributed by atoms with Crippen LogP contribution in [-0.4, -0.2) is 21.7 Å². The molecule has 2 rings (SSSR count). The van der Waals surface area contributed by atoms with E-state index in [1.807, 2.05) is 27.7 Å². The maximum absolute atomic E-state index is 12.1. The second-order valence-corrected chi connectivity index (χ2v) is 6.05. The molecule has 0 saturated carbocycles. The number of hydrogen-bond acceptors (Lipinski definition) is 4. The van der Waals surface area contributed by atoms with E-state index in [0.717, 1.165) is 11.4 Å². The van der Waals surface area contributed by atoms with Crippen LogP contribution < -0.4 is 10.1 Å². The van der Waals surface area contributed by atoms with E-state index in [-0.39, 0.29) is 18.5 Å². The van der Waals surface area contributed by atoms with Gasteiger partial charge in [0.05, 0.1) is 17.3 Å². The first kappa shape index (κ1) is 18.5. The minimum atomic E-state index is -0.0697. The van der Waals surface area contributed by atoms with Gasteiger partial charge in [-0.2, -0.15) is 10.4 Å². The maximum Gasteiger partial charge on any atom is 0.241 e. The number of aryl methyl sites for hydroxylation is 1. The van der Waals surface area contributed by atoms with Crippen LogP contribution in [0.2, 0.25) is 0 Å². The van der Waals surface area contributed by atoms with Crippen LogP contribution in [0.1, 0.15) is 44.6 Å². The molecule has 0 aliphatic rings. The van der Waals surface area contributed by atoms with Gasteiger partial charge in [-0.05, 0) is 51.0 Å². The van der Waals surface area contributed by atoms with Gasteiger partial charge in [0, 0.05) is 6.04 Å². The third-order valence-corrected chi connectivity index (χ3v) is 3.69. The number of carbonyl (C=O) groups is 1. The summed E-state index contributed by atoms with van der Waals surface area (Å²) in [6.07, 6.45) is 1.41. The van der Waals surface area contributed by atoms with Gasteiger partial charge in [0.15, 0.2) is 5.75 Å². The van der Waals surface area contributed by atoms with Crippen LogP contribution in [0, 0.1) is 11.3 Å². The highest BCUT2D eigenvalue weighted by molar-refractivity contribution is 5.76. The molecule has 1 heterocycles. The Morgan fingerprint density at radius 1 is 1.28 bits per heavy atom. The number of nitrogens with zero attached hydrogens (tertiary/aromatic N) is 3. The second kappa shape index (κ2) is 8.34. The van der Waals surface area contributed by atoms with Gasteiger partial charge in [-0.25, -0.2) is 0 Å². The molecule has 0 saturated heterocycles. The van der Waals surface area contributed by atoms with Gasteiger partial charge in [0.1, 0.15) is 18.0 Å². The number of hydrogen-bond donors (Lipinski definition) is 1. The van der Waals surface area contributed by atoms with Crippen molar-refractivity contribution >= 4 is 5.91 Å². The highest BCUT2D eigenvalue weighted by Crippen LogP contribution is 2.30. The molecule has 6 nitrogen and oxygen atoms in total. The Morgan fingerprint density at radius 3 is 2.48 bits per heavy atom. The first-order valence-corrected chi connectivity index (χ1v) is 8.54. The number of amides is 1. The standard InChI is InChI=1S/C19H24N4O2/c1-5-16-19(25-15-9-7-14(11-20)8-10-15)17(6-2)23(22-16)12-18(24)21-13(3)4/h7-10,13H,5-6,12H2,1-4H3,(H,21,24). The molecule has 0 spiro atoms. The van der Waals surface area contributed by atoms with Crippen LogP contribution in [0.4, 0.5) is 0 Å². The molecule has 6 heteroatoms. The number of carbonyl (C=O) groups excluding carboxylic acids is 1. The lowest BCUT2D eigenvalue weighted by atomic mass is 10.2. The summed E-state index contributed by atoms with van der Waals surface area (Å²) >= 11 is 0. The SMILES string of the molecule is CCc1nn(CC(=O)NC(C)C)c(CC)c1Oc1ccc(C#N)cc1. The molecule has 1 N–H and O–H groups in total. The van der Waals surface area contributed by atoms with Crippen LogP contribution in [-0.2, 0) is 24.2 Å². The largest absolute Gasteiger partial charge is 0.453 e. The zero-order valence-electron chi connectivity index (χ0n) is 15.2. The van der Waals surface area contributed by atoms with E-state index in [4.69, 9.17) is 10.00 Å². The van der Waals surface area contributed by atoms with E-state index in [9.17, 15) is 4.79 Å². The molecule has 1 aromatic heterocycles. The van der Waals surface area contributed by atoms with Gasteiger partial charge in [-0.3, -0.25) is 9.48 Å². The average Bonchev–Trinajstić information content (AvgIpc) is 2.91. The van der Waals surface area contributed by atoms with Gasteiger partial charge in [0.25, 0.3) is 0 Å². The molecule has 1 aromatic carbocycles. The third-order valence-electron chi connectivity index (χ3n) is 3.69. The zero-order chi connectivity index (χ0) is 18.4. The molecule has 132 valence electrons. The summed E-state index contributed by atoms with van der Waals surface area (Å²) in [6.45, 7) is 8.05. The fourth-order valence-electron chi connectivity index (χ4n) is 2.58. The minimum Gasteiger partial charge on any atom is -0.453 e. The molecule has 2 aromatic rings. The maximum atomic E-state index is 12.1. The van der Waals surface area contributed by atoms with Gasteiger partial charge >= 0.3 is 0 Å². The lowest BCUT2D eigenvalue weighted by molar-refractivity contribution is -0.122. The van der Waals surface area contributed by atoms with Crippen molar-refractivity contribution in [3.8, 4) is 17.6 Å². The molecule has 0 bridgehead atoms. The Labute approximate surface area is 148 Å². The number of aromatic nitrogens is 2. The van der Waals surface area contributed by atoms with Crippen molar-refractivity contribution in [1.29, 1.82) is 5.26 Å². The van der Waals surface area contributed by atoms with Crippen molar-refractivity contribution in [2.24, 2.45) is 0 Å². The summed E-state index contributed by atoms with van der Waals surface area (Å²) in [5, 5.41) is 16.3. The van der Waals surface area contributed by atoms with Crippen molar-refractivity contribution in [3.05, 3.63) is 41.2 Å². The normalized spacial score (nSPS) is 10.6. The first-order valence-electron chi connectivity index (χ1n) is 8.54. The Balaban J connectivity index is 2.29. The topological polar surface area (TPSA) is 79.9 Å². The summed E-state index contributed by atoms with van der Waals surface area (Å²) in [7, 11) is 0. The summed E-state index contributed by atoms with van der Waals surface area (Å²) in [6, 6.07) is 9.14. The molecular formula is C19H24N4O2. The lowest BCUT2D eigenvalue weighted by Crippen LogP contribution is -2.33.